The van der Waals surface area contributed by atoms with Crippen LogP contribution in [0.5, 0.6) is 5.88 Å². The maximum absolute atomic E-state index is 13.3. The van der Waals surface area contributed by atoms with Crippen LogP contribution in [0.4, 0.5) is 27.6 Å². The van der Waals surface area contributed by atoms with E-state index in [4.69, 9.17) is 0 Å². The van der Waals surface area contributed by atoms with Crippen LogP contribution in [0.25, 0.3) is 0 Å². The summed E-state index contributed by atoms with van der Waals surface area (Å²) in [7, 11) is 0. The van der Waals surface area contributed by atoms with Gasteiger partial charge in [0.2, 0.25) is 5.88 Å². The fraction of sp³-hybridized carbons (Fsp3) is 0.471. The van der Waals surface area contributed by atoms with Crippen molar-refractivity contribution in [2.24, 2.45) is 0 Å². The fourth-order valence-electron chi connectivity index (χ4n) is 2.70. The Hall–Kier alpha value is -2.50. The second-order valence-electron chi connectivity index (χ2n) is 7.05. The maximum Gasteiger partial charge on any atom is 0.422 e. The lowest BCUT2D eigenvalue weighted by molar-refractivity contribution is -0.154. The topological polar surface area (TPSA) is 67.3 Å². The van der Waals surface area contributed by atoms with Gasteiger partial charge in [0, 0.05) is 17.6 Å². The van der Waals surface area contributed by atoms with Gasteiger partial charge in [-0.15, -0.1) is 11.3 Å². The van der Waals surface area contributed by atoms with E-state index in [0.717, 1.165) is 6.07 Å². The zero-order valence-electron chi connectivity index (χ0n) is 15.4. The summed E-state index contributed by atoms with van der Waals surface area (Å²) in [6.07, 6.45) is -3.03. The maximum atomic E-state index is 13.3. The minimum Gasteiger partial charge on any atom is -0.468 e. The van der Waals surface area contributed by atoms with E-state index >= 15 is 0 Å². The van der Waals surface area contributed by atoms with Gasteiger partial charge in [0.05, 0.1) is 24.3 Å². The summed E-state index contributed by atoms with van der Waals surface area (Å²) >= 11 is 1.30. The first-order valence-electron chi connectivity index (χ1n) is 8.42. The largest absolute Gasteiger partial charge is 0.468 e. The highest BCUT2D eigenvalue weighted by Crippen LogP contribution is 2.35. The van der Waals surface area contributed by atoms with Gasteiger partial charge < -0.3 is 15.0 Å². The molecule has 0 aromatic carbocycles. The van der Waals surface area contributed by atoms with E-state index < -0.39 is 49.1 Å². The van der Waals surface area contributed by atoms with Crippen molar-refractivity contribution in [2.75, 3.05) is 24.6 Å². The molecule has 1 amide bonds. The van der Waals surface area contributed by atoms with Gasteiger partial charge in [-0.2, -0.15) is 13.2 Å². The van der Waals surface area contributed by atoms with E-state index in [0.29, 0.717) is 5.01 Å². The first-order valence-corrected chi connectivity index (χ1v) is 9.30. The van der Waals surface area contributed by atoms with Crippen molar-refractivity contribution in [3.63, 3.8) is 0 Å². The summed E-state index contributed by atoms with van der Waals surface area (Å²) < 4.78 is 68.4. The lowest BCUT2D eigenvalue weighted by atomic mass is 10.1. The number of aromatic nitrogens is 2. The van der Waals surface area contributed by atoms with E-state index in [9.17, 15) is 26.7 Å². The SMILES string of the molecule is CC(C)(NC(=O)c1nc(OCC(F)(F)F)ccc1N1CC(F)(F)C1)c1nccs1. The molecule has 3 rings (SSSR count). The Bertz CT molecular complexity index is 878. The van der Waals surface area contributed by atoms with Crippen LogP contribution in [-0.2, 0) is 5.54 Å². The summed E-state index contributed by atoms with van der Waals surface area (Å²) in [5.74, 6) is -4.08. The molecule has 12 heteroatoms. The van der Waals surface area contributed by atoms with Crippen LogP contribution in [0.1, 0.15) is 29.3 Å². The number of nitrogens with zero attached hydrogens (tertiary/aromatic N) is 3. The molecule has 0 radical (unpaired) electrons. The van der Waals surface area contributed by atoms with Crippen molar-refractivity contribution in [3.05, 3.63) is 34.4 Å². The standard InChI is InChI=1S/C17H17F5N4O2S/c1-15(2,14-23-5-6-29-14)25-13(27)12-10(26-7-16(18,19)8-26)3-4-11(24-12)28-9-17(20,21)22/h3-6H,7-9H2,1-2H3,(H,25,27). The van der Waals surface area contributed by atoms with E-state index in [-0.39, 0.29) is 11.4 Å². The number of pyridine rings is 1. The molecule has 6 nitrogen and oxygen atoms in total. The van der Waals surface area contributed by atoms with Gasteiger partial charge >= 0.3 is 6.18 Å². The molecule has 2 aromatic heterocycles. The van der Waals surface area contributed by atoms with Crippen molar-refractivity contribution in [3.8, 4) is 5.88 Å². The Morgan fingerprint density at radius 1 is 1.31 bits per heavy atom. The van der Waals surface area contributed by atoms with Gasteiger partial charge in [0.15, 0.2) is 12.3 Å². The fourth-order valence-corrected chi connectivity index (χ4v) is 3.42. The van der Waals surface area contributed by atoms with Crippen LogP contribution in [0, 0.1) is 0 Å². The van der Waals surface area contributed by atoms with Gasteiger partial charge in [0.25, 0.3) is 11.8 Å². The van der Waals surface area contributed by atoms with Gasteiger partial charge in [-0.05, 0) is 19.9 Å². The number of hydrogen-bond acceptors (Lipinski definition) is 6. The van der Waals surface area contributed by atoms with Crippen LogP contribution >= 0.6 is 11.3 Å². The smallest absolute Gasteiger partial charge is 0.422 e. The van der Waals surface area contributed by atoms with Crippen molar-refractivity contribution < 1.29 is 31.5 Å². The molecule has 2 aromatic rings. The van der Waals surface area contributed by atoms with Crippen LogP contribution in [0.15, 0.2) is 23.7 Å². The number of carbonyl (C=O) groups excluding carboxylic acids is 1. The summed E-state index contributed by atoms with van der Waals surface area (Å²) in [6.45, 7) is 0.546. The first-order chi connectivity index (χ1) is 13.4. The number of alkyl halides is 5. The monoisotopic (exact) mass is 436 g/mol. The highest BCUT2D eigenvalue weighted by Gasteiger charge is 2.45. The minimum atomic E-state index is -4.59. The Morgan fingerprint density at radius 2 is 2.00 bits per heavy atom. The molecule has 158 valence electrons. The van der Waals surface area contributed by atoms with E-state index in [2.05, 4.69) is 20.0 Å². The van der Waals surface area contributed by atoms with Gasteiger partial charge in [0.1, 0.15) is 5.01 Å². The number of thiazole rings is 1. The van der Waals surface area contributed by atoms with E-state index in [1.54, 1.807) is 25.4 Å². The Balaban J connectivity index is 1.87. The molecule has 0 spiro atoms. The molecule has 1 aliphatic heterocycles. The van der Waals surface area contributed by atoms with Crippen LogP contribution < -0.4 is 15.0 Å². The zero-order valence-corrected chi connectivity index (χ0v) is 16.2. The zero-order chi connectivity index (χ0) is 21.4. The molecule has 0 atom stereocenters. The highest BCUT2D eigenvalue weighted by atomic mass is 32.1. The third-order valence-electron chi connectivity index (χ3n) is 4.03. The third-order valence-corrected chi connectivity index (χ3v) is 5.12. The number of ether oxygens (including phenoxy) is 1. The lowest BCUT2D eigenvalue weighted by Gasteiger charge is -2.41. The lowest BCUT2D eigenvalue weighted by Crippen LogP contribution is -2.57. The molecule has 0 aliphatic carbocycles. The number of anilines is 1. The molecule has 0 saturated carbocycles. The molecular formula is C17H17F5N4O2S. The molecule has 0 bridgehead atoms. The normalized spacial score (nSPS) is 16.3. The average Bonchev–Trinajstić information content (AvgIpc) is 3.12. The number of nitrogens with one attached hydrogen (secondary N) is 1. The predicted octanol–water partition coefficient (Wildman–Crippen LogP) is 3.60. The molecule has 1 aliphatic rings. The number of carbonyl (C=O) groups is 1. The van der Waals surface area contributed by atoms with Crippen LogP contribution in [-0.4, -0.2) is 47.7 Å². The quantitative estimate of drug-likeness (QED) is 0.701. The second-order valence-corrected chi connectivity index (χ2v) is 7.94. The van der Waals surface area contributed by atoms with Crippen molar-refractivity contribution in [2.45, 2.75) is 31.5 Å². The summed E-state index contributed by atoms with van der Waals surface area (Å²) in [5, 5.41) is 5.01. The Morgan fingerprint density at radius 3 is 2.55 bits per heavy atom. The molecule has 0 unspecified atom stereocenters. The van der Waals surface area contributed by atoms with Crippen LogP contribution in [0.2, 0.25) is 0 Å². The highest BCUT2D eigenvalue weighted by molar-refractivity contribution is 7.09. The molecule has 3 heterocycles. The van der Waals surface area contributed by atoms with Gasteiger partial charge in [-0.25, -0.2) is 18.7 Å². The Kier molecular flexibility index (Phi) is 5.41. The average molecular weight is 436 g/mol. The number of hydrogen-bond donors (Lipinski definition) is 1. The number of rotatable bonds is 6. The third kappa shape index (κ3) is 5.11. The van der Waals surface area contributed by atoms with E-state index in [1.807, 2.05) is 0 Å². The summed E-state index contributed by atoms with van der Waals surface area (Å²) in [5.41, 5.74) is -1.13. The molecule has 1 saturated heterocycles. The van der Waals surface area contributed by atoms with Gasteiger partial charge in [-0.1, -0.05) is 0 Å². The minimum absolute atomic E-state index is 0.0859. The Labute approximate surface area is 166 Å². The molecule has 29 heavy (non-hydrogen) atoms. The first kappa shape index (κ1) is 21.2. The summed E-state index contributed by atoms with van der Waals surface area (Å²) in [6, 6.07) is 2.36. The van der Waals surface area contributed by atoms with Crippen molar-refractivity contribution in [1.82, 2.24) is 15.3 Å². The van der Waals surface area contributed by atoms with Crippen LogP contribution in [0.3, 0.4) is 0 Å². The van der Waals surface area contributed by atoms with Gasteiger partial charge in [-0.3, -0.25) is 4.79 Å². The van der Waals surface area contributed by atoms with Crippen molar-refractivity contribution >= 4 is 22.9 Å². The molecular weight excluding hydrogens is 419 g/mol. The second kappa shape index (κ2) is 7.39. The number of amides is 1. The summed E-state index contributed by atoms with van der Waals surface area (Å²) in [4.78, 5) is 22.1. The van der Waals surface area contributed by atoms with E-state index in [1.165, 1.54) is 22.3 Å². The molecule has 1 N–H and O–H groups in total. The van der Waals surface area contributed by atoms with Crippen molar-refractivity contribution in [1.29, 1.82) is 0 Å². The molecule has 1 fully saturated rings. The predicted molar refractivity (Wildman–Crippen MR) is 95.6 cm³/mol. The number of halogens is 5.